The van der Waals surface area contributed by atoms with Gasteiger partial charge in [-0.1, -0.05) is 15.9 Å². The Hall–Kier alpha value is -0.260. The van der Waals surface area contributed by atoms with E-state index in [0.717, 1.165) is 20.3 Å². The molecule has 0 nitrogen and oxygen atoms in total. The fourth-order valence-corrected chi connectivity index (χ4v) is 3.96. The fraction of sp³-hybridized carbons (Fsp3) is 0.231. The smallest absolute Gasteiger partial charge is 0.130 e. The second-order valence-electron chi connectivity index (χ2n) is 4.04. The third-order valence-electron chi connectivity index (χ3n) is 2.68. The third-order valence-corrected chi connectivity index (χ3v) is 6.17. The number of halogens is 4. The van der Waals surface area contributed by atoms with Gasteiger partial charge >= 0.3 is 0 Å². The van der Waals surface area contributed by atoms with Crippen molar-refractivity contribution in [2.75, 3.05) is 0 Å². The Morgan fingerprint density at radius 3 is 2.33 bits per heavy atom. The molecule has 0 aliphatic carbocycles. The van der Waals surface area contributed by atoms with Crippen LogP contribution in [0.5, 0.6) is 0 Å². The van der Waals surface area contributed by atoms with Crippen molar-refractivity contribution >= 4 is 43.2 Å². The molecule has 0 N–H and O–H groups in total. The average molecular weight is 396 g/mol. The summed E-state index contributed by atoms with van der Waals surface area (Å²) >= 11 is 8.50. The molecule has 0 aliphatic rings. The fourth-order valence-electron chi connectivity index (χ4n) is 1.63. The van der Waals surface area contributed by atoms with Gasteiger partial charge in [0.25, 0.3) is 0 Å². The lowest BCUT2D eigenvalue weighted by Gasteiger charge is -2.11. The van der Waals surface area contributed by atoms with Crippen LogP contribution in [0.1, 0.15) is 25.7 Å². The van der Waals surface area contributed by atoms with Crippen LogP contribution >= 0.6 is 43.2 Å². The molecule has 5 heteroatoms. The first-order valence-electron chi connectivity index (χ1n) is 5.25. The summed E-state index contributed by atoms with van der Waals surface area (Å²) in [4.78, 5) is 1.87. The zero-order valence-corrected chi connectivity index (χ0v) is 13.7. The molecule has 0 radical (unpaired) electrons. The lowest BCUT2D eigenvalue weighted by molar-refractivity contribution is 0.569. The van der Waals surface area contributed by atoms with Gasteiger partial charge in [-0.2, -0.15) is 0 Å². The van der Waals surface area contributed by atoms with Crippen molar-refractivity contribution in [2.45, 2.75) is 18.7 Å². The Morgan fingerprint density at radius 1 is 1.11 bits per heavy atom. The zero-order chi connectivity index (χ0) is 13.4. The minimum Gasteiger partial charge on any atom is -0.207 e. The molecule has 1 heterocycles. The van der Waals surface area contributed by atoms with E-state index in [1.807, 2.05) is 13.0 Å². The van der Waals surface area contributed by atoms with Crippen LogP contribution in [0.3, 0.4) is 0 Å². The van der Waals surface area contributed by atoms with Crippen LogP contribution in [-0.2, 0) is 0 Å². The molecular formula is C13H10Br2F2S. The Kier molecular flexibility index (Phi) is 4.24. The van der Waals surface area contributed by atoms with Gasteiger partial charge in [0, 0.05) is 25.9 Å². The van der Waals surface area contributed by atoms with Gasteiger partial charge in [0.2, 0.25) is 0 Å². The minimum absolute atomic E-state index is 0.258. The summed E-state index contributed by atoms with van der Waals surface area (Å²) in [5.41, 5.74) is 0.908. The number of hydrogen-bond donors (Lipinski definition) is 0. The van der Waals surface area contributed by atoms with Crippen molar-refractivity contribution in [3.05, 3.63) is 55.2 Å². The monoisotopic (exact) mass is 394 g/mol. The standard InChI is InChI=1S/C13H10Br2F2S/c1-6-3-8(11(17)5-10(6)16)13(15)12-4-9(14)7(2)18-12/h3-5,13H,1-2H3. The largest absolute Gasteiger partial charge is 0.207 e. The number of aryl methyl sites for hydroxylation is 2. The van der Waals surface area contributed by atoms with Crippen LogP contribution in [0.4, 0.5) is 8.78 Å². The van der Waals surface area contributed by atoms with E-state index in [1.54, 1.807) is 24.3 Å². The van der Waals surface area contributed by atoms with E-state index < -0.39 is 11.6 Å². The highest BCUT2D eigenvalue weighted by Crippen LogP contribution is 2.39. The molecule has 0 fully saturated rings. The van der Waals surface area contributed by atoms with Crippen molar-refractivity contribution in [1.29, 1.82) is 0 Å². The summed E-state index contributed by atoms with van der Waals surface area (Å²) in [6, 6.07) is 4.44. The molecule has 1 unspecified atom stereocenters. The SMILES string of the molecule is Cc1cc(C(Br)c2cc(Br)c(C)s2)c(F)cc1F. The van der Waals surface area contributed by atoms with Crippen molar-refractivity contribution in [3.63, 3.8) is 0 Å². The maximum Gasteiger partial charge on any atom is 0.130 e. The van der Waals surface area contributed by atoms with Crippen LogP contribution in [-0.4, -0.2) is 0 Å². The second-order valence-corrected chi connectivity index (χ2v) is 7.10. The van der Waals surface area contributed by atoms with Crippen LogP contribution in [0.25, 0.3) is 0 Å². The predicted molar refractivity (Wildman–Crippen MR) is 78.6 cm³/mol. The first-order valence-corrected chi connectivity index (χ1v) is 7.78. The summed E-state index contributed by atoms with van der Waals surface area (Å²) in [5, 5.41) is 0. The van der Waals surface area contributed by atoms with Crippen molar-refractivity contribution < 1.29 is 8.78 Å². The summed E-state index contributed by atoms with van der Waals surface area (Å²) in [6.07, 6.45) is 0. The van der Waals surface area contributed by atoms with Gasteiger partial charge in [-0.3, -0.25) is 0 Å². The Labute approximate surface area is 125 Å². The third kappa shape index (κ3) is 2.68. The van der Waals surface area contributed by atoms with Crippen LogP contribution in [0.15, 0.2) is 22.7 Å². The van der Waals surface area contributed by atoms with E-state index in [9.17, 15) is 8.78 Å². The van der Waals surface area contributed by atoms with Crippen LogP contribution < -0.4 is 0 Å². The molecule has 96 valence electrons. The lowest BCUT2D eigenvalue weighted by Crippen LogP contribution is -1.97. The molecule has 1 aromatic carbocycles. The lowest BCUT2D eigenvalue weighted by atomic mass is 10.1. The molecule has 0 saturated carbocycles. The van der Waals surface area contributed by atoms with E-state index in [0.29, 0.717) is 11.1 Å². The van der Waals surface area contributed by atoms with Gasteiger partial charge in [-0.15, -0.1) is 11.3 Å². The van der Waals surface area contributed by atoms with E-state index in [4.69, 9.17) is 0 Å². The Balaban J connectivity index is 2.45. The first-order chi connectivity index (χ1) is 8.40. The van der Waals surface area contributed by atoms with E-state index in [2.05, 4.69) is 31.9 Å². The minimum atomic E-state index is -0.526. The van der Waals surface area contributed by atoms with Gasteiger partial charge in [0.1, 0.15) is 11.6 Å². The highest BCUT2D eigenvalue weighted by Gasteiger charge is 2.19. The Bertz CT molecular complexity index is 573. The first kappa shape index (κ1) is 14.2. The molecule has 18 heavy (non-hydrogen) atoms. The van der Waals surface area contributed by atoms with E-state index in [1.165, 1.54) is 0 Å². The van der Waals surface area contributed by atoms with Crippen molar-refractivity contribution in [2.24, 2.45) is 0 Å². The Morgan fingerprint density at radius 2 is 1.78 bits per heavy atom. The van der Waals surface area contributed by atoms with Gasteiger partial charge in [-0.25, -0.2) is 8.78 Å². The van der Waals surface area contributed by atoms with Crippen molar-refractivity contribution in [1.82, 2.24) is 0 Å². The number of hydrogen-bond acceptors (Lipinski definition) is 1. The molecular weight excluding hydrogens is 386 g/mol. The molecule has 0 amide bonds. The highest BCUT2D eigenvalue weighted by atomic mass is 79.9. The molecule has 0 aliphatic heterocycles. The van der Waals surface area contributed by atoms with Gasteiger partial charge < -0.3 is 0 Å². The highest BCUT2D eigenvalue weighted by molar-refractivity contribution is 9.10. The molecule has 2 rings (SSSR count). The van der Waals surface area contributed by atoms with Crippen LogP contribution in [0, 0.1) is 25.5 Å². The average Bonchev–Trinajstić information content (AvgIpc) is 2.63. The van der Waals surface area contributed by atoms with Gasteiger partial charge in [-0.05, 0) is 47.5 Å². The topological polar surface area (TPSA) is 0 Å². The normalized spacial score (nSPS) is 12.8. The van der Waals surface area contributed by atoms with Gasteiger partial charge in [0.05, 0.1) is 4.83 Å². The van der Waals surface area contributed by atoms with Gasteiger partial charge in [0.15, 0.2) is 0 Å². The maximum absolute atomic E-state index is 13.8. The van der Waals surface area contributed by atoms with E-state index >= 15 is 0 Å². The number of thiophene rings is 1. The quantitative estimate of drug-likeness (QED) is 0.556. The zero-order valence-electron chi connectivity index (χ0n) is 9.73. The summed E-state index contributed by atoms with van der Waals surface area (Å²) in [6.45, 7) is 3.62. The molecule has 1 aromatic heterocycles. The van der Waals surface area contributed by atoms with E-state index in [-0.39, 0.29) is 4.83 Å². The summed E-state index contributed by atoms with van der Waals surface area (Å²) < 4.78 is 28.0. The number of alkyl halides is 1. The number of rotatable bonds is 2. The summed E-state index contributed by atoms with van der Waals surface area (Å²) in [7, 11) is 0. The maximum atomic E-state index is 13.8. The molecule has 0 bridgehead atoms. The molecule has 2 aromatic rings. The summed E-state index contributed by atoms with van der Waals surface area (Å²) in [5.74, 6) is -1.04. The molecule has 0 saturated heterocycles. The molecule has 0 spiro atoms. The van der Waals surface area contributed by atoms with Crippen molar-refractivity contribution in [3.8, 4) is 0 Å². The predicted octanol–water partition coefficient (Wildman–Crippen LogP) is 5.89. The second kappa shape index (κ2) is 5.39. The number of benzene rings is 1. The molecule has 1 atom stereocenters. The van der Waals surface area contributed by atoms with Crippen LogP contribution in [0.2, 0.25) is 0 Å².